The summed E-state index contributed by atoms with van der Waals surface area (Å²) in [6.45, 7) is 9.46. The number of hydrogen-bond acceptors (Lipinski definition) is 4. The SMILES string of the molecule is CCOC(=O)C(C)(N)CC(C)N1CCCC1C. The van der Waals surface area contributed by atoms with E-state index in [9.17, 15) is 4.79 Å². The van der Waals surface area contributed by atoms with Crippen molar-refractivity contribution in [3.63, 3.8) is 0 Å². The summed E-state index contributed by atoms with van der Waals surface area (Å²) in [6, 6.07) is 0.926. The van der Waals surface area contributed by atoms with E-state index < -0.39 is 5.54 Å². The Bertz CT molecular complexity index is 266. The number of nitrogens with two attached hydrogens (primary N) is 1. The van der Waals surface area contributed by atoms with Crippen LogP contribution in [0.1, 0.15) is 47.0 Å². The molecule has 3 atom stereocenters. The van der Waals surface area contributed by atoms with E-state index in [1.54, 1.807) is 13.8 Å². The van der Waals surface area contributed by atoms with Crippen molar-refractivity contribution in [2.45, 2.75) is 64.6 Å². The van der Waals surface area contributed by atoms with Crippen molar-refractivity contribution in [2.24, 2.45) is 5.73 Å². The molecular formula is C13H26N2O2. The van der Waals surface area contributed by atoms with E-state index in [0.717, 1.165) is 6.54 Å². The first-order chi connectivity index (χ1) is 7.88. The Labute approximate surface area is 104 Å². The average Bonchev–Trinajstić information content (AvgIpc) is 2.64. The Kier molecular flexibility index (Phi) is 4.95. The number of rotatable bonds is 5. The molecule has 2 N–H and O–H groups in total. The molecule has 4 heteroatoms. The van der Waals surface area contributed by atoms with Crippen molar-refractivity contribution in [3.8, 4) is 0 Å². The van der Waals surface area contributed by atoms with Gasteiger partial charge in [0, 0.05) is 12.1 Å². The maximum absolute atomic E-state index is 11.7. The third kappa shape index (κ3) is 3.68. The molecule has 1 heterocycles. The van der Waals surface area contributed by atoms with E-state index >= 15 is 0 Å². The van der Waals surface area contributed by atoms with E-state index in [0.29, 0.717) is 25.1 Å². The van der Waals surface area contributed by atoms with Gasteiger partial charge in [0.25, 0.3) is 0 Å². The van der Waals surface area contributed by atoms with E-state index in [1.807, 2.05) is 0 Å². The lowest BCUT2D eigenvalue weighted by Gasteiger charge is -2.33. The van der Waals surface area contributed by atoms with Crippen molar-refractivity contribution in [1.29, 1.82) is 0 Å². The topological polar surface area (TPSA) is 55.6 Å². The molecule has 0 saturated carbocycles. The molecule has 1 aliphatic heterocycles. The van der Waals surface area contributed by atoms with Crippen LogP contribution in [0.15, 0.2) is 0 Å². The Hall–Kier alpha value is -0.610. The third-order valence-corrected chi connectivity index (χ3v) is 3.63. The number of hydrogen-bond donors (Lipinski definition) is 1. The van der Waals surface area contributed by atoms with Crippen LogP contribution in [0.3, 0.4) is 0 Å². The number of esters is 1. The summed E-state index contributed by atoms with van der Waals surface area (Å²) in [7, 11) is 0. The van der Waals surface area contributed by atoms with Crippen LogP contribution < -0.4 is 5.73 Å². The molecular weight excluding hydrogens is 216 g/mol. The van der Waals surface area contributed by atoms with Gasteiger partial charge in [-0.1, -0.05) is 0 Å². The first-order valence-corrected chi connectivity index (χ1v) is 6.60. The second-order valence-electron chi connectivity index (χ2n) is 5.42. The van der Waals surface area contributed by atoms with E-state index in [-0.39, 0.29) is 5.97 Å². The molecule has 4 nitrogen and oxygen atoms in total. The highest BCUT2D eigenvalue weighted by molar-refractivity contribution is 5.80. The highest BCUT2D eigenvalue weighted by Gasteiger charge is 2.35. The highest BCUT2D eigenvalue weighted by atomic mass is 16.5. The lowest BCUT2D eigenvalue weighted by molar-refractivity contribution is -0.149. The predicted molar refractivity (Wildman–Crippen MR) is 68.7 cm³/mol. The number of carbonyl (C=O) groups is 1. The molecule has 17 heavy (non-hydrogen) atoms. The first-order valence-electron chi connectivity index (χ1n) is 6.60. The maximum atomic E-state index is 11.7. The fourth-order valence-corrected chi connectivity index (χ4v) is 2.72. The van der Waals surface area contributed by atoms with Crippen molar-refractivity contribution in [2.75, 3.05) is 13.2 Å². The molecule has 0 aliphatic carbocycles. The standard InChI is InChI=1S/C13H26N2O2/c1-5-17-12(16)13(4,14)9-11(3)15-8-6-7-10(15)2/h10-11H,5-9,14H2,1-4H3. The van der Waals surface area contributed by atoms with Crippen molar-refractivity contribution >= 4 is 5.97 Å². The molecule has 1 saturated heterocycles. The van der Waals surface area contributed by atoms with E-state index in [4.69, 9.17) is 10.5 Å². The fraction of sp³-hybridized carbons (Fsp3) is 0.923. The predicted octanol–water partition coefficient (Wildman–Crippen LogP) is 1.53. The molecule has 0 aromatic carbocycles. The number of ether oxygens (including phenoxy) is 1. The van der Waals surface area contributed by atoms with Gasteiger partial charge in [-0.2, -0.15) is 0 Å². The second-order valence-corrected chi connectivity index (χ2v) is 5.42. The summed E-state index contributed by atoms with van der Waals surface area (Å²) in [5, 5.41) is 0. The second kappa shape index (κ2) is 5.83. The zero-order chi connectivity index (χ0) is 13.1. The molecule has 0 aromatic rings. The van der Waals surface area contributed by atoms with Gasteiger partial charge >= 0.3 is 5.97 Å². The quantitative estimate of drug-likeness (QED) is 0.743. The van der Waals surface area contributed by atoms with Gasteiger partial charge in [0.05, 0.1) is 6.61 Å². The molecule has 3 unspecified atom stereocenters. The Morgan fingerprint density at radius 3 is 2.76 bits per heavy atom. The lowest BCUT2D eigenvalue weighted by atomic mass is 9.94. The lowest BCUT2D eigenvalue weighted by Crippen LogP contribution is -2.51. The smallest absolute Gasteiger partial charge is 0.325 e. The Morgan fingerprint density at radius 1 is 1.65 bits per heavy atom. The normalized spacial score (nSPS) is 26.5. The fourth-order valence-electron chi connectivity index (χ4n) is 2.72. The summed E-state index contributed by atoms with van der Waals surface area (Å²) in [5.74, 6) is -0.293. The van der Waals surface area contributed by atoms with Crippen LogP contribution in [0.2, 0.25) is 0 Å². The summed E-state index contributed by atoms with van der Waals surface area (Å²) in [5.41, 5.74) is 5.18. The van der Waals surface area contributed by atoms with Crippen LogP contribution in [-0.2, 0) is 9.53 Å². The number of carbonyl (C=O) groups excluding carboxylic acids is 1. The molecule has 0 radical (unpaired) electrons. The van der Waals surface area contributed by atoms with Crippen molar-refractivity contribution < 1.29 is 9.53 Å². The van der Waals surface area contributed by atoms with Crippen LogP contribution in [0.4, 0.5) is 0 Å². The van der Waals surface area contributed by atoms with Crippen LogP contribution in [0, 0.1) is 0 Å². The first kappa shape index (κ1) is 14.5. The number of nitrogens with zero attached hydrogens (tertiary/aromatic N) is 1. The van der Waals surface area contributed by atoms with Gasteiger partial charge in [0.1, 0.15) is 5.54 Å². The summed E-state index contributed by atoms with van der Waals surface area (Å²) in [6.07, 6.45) is 3.13. The van der Waals surface area contributed by atoms with Gasteiger partial charge < -0.3 is 10.5 Å². The summed E-state index contributed by atoms with van der Waals surface area (Å²) >= 11 is 0. The van der Waals surface area contributed by atoms with E-state index in [2.05, 4.69) is 18.7 Å². The zero-order valence-corrected chi connectivity index (χ0v) is 11.5. The van der Waals surface area contributed by atoms with Crippen LogP contribution in [0.25, 0.3) is 0 Å². The van der Waals surface area contributed by atoms with Gasteiger partial charge in [0.2, 0.25) is 0 Å². The minimum Gasteiger partial charge on any atom is -0.465 e. The molecule has 0 spiro atoms. The van der Waals surface area contributed by atoms with Crippen LogP contribution in [-0.4, -0.2) is 41.6 Å². The van der Waals surface area contributed by atoms with Crippen molar-refractivity contribution in [3.05, 3.63) is 0 Å². The van der Waals surface area contributed by atoms with Gasteiger partial charge in [-0.3, -0.25) is 9.69 Å². The Morgan fingerprint density at radius 2 is 2.29 bits per heavy atom. The van der Waals surface area contributed by atoms with E-state index in [1.165, 1.54) is 12.8 Å². The molecule has 1 aliphatic rings. The van der Waals surface area contributed by atoms with Gasteiger partial charge in [-0.05, 0) is 53.5 Å². The minimum absolute atomic E-state index is 0.293. The molecule has 0 bridgehead atoms. The largest absolute Gasteiger partial charge is 0.465 e. The third-order valence-electron chi connectivity index (χ3n) is 3.63. The monoisotopic (exact) mass is 242 g/mol. The van der Waals surface area contributed by atoms with Crippen LogP contribution >= 0.6 is 0 Å². The average molecular weight is 242 g/mol. The number of likely N-dealkylation sites (tertiary alicyclic amines) is 1. The molecule has 0 amide bonds. The van der Waals surface area contributed by atoms with Crippen LogP contribution in [0.5, 0.6) is 0 Å². The molecule has 1 fully saturated rings. The highest BCUT2D eigenvalue weighted by Crippen LogP contribution is 2.24. The van der Waals surface area contributed by atoms with Gasteiger partial charge in [-0.25, -0.2) is 0 Å². The maximum Gasteiger partial charge on any atom is 0.325 e. The minimum atomic E-state index is -0.877. The van der Waals surface area contributed by atoms with Gasteiger partial charge in [-0.15, -0.1) is 0 Å². The summed E-state index contributed by atoms with van der Waals surface area (Å²) in [4.78, 5) is 14.2. The molecule has 1 rings (SSSR count). The molecule has 100 valence electrons. The zero-order valence-electron chi connectivity index (χ0n) is 11.5. The van der Waals surface area contributed by atoms with Gasteiger partial charge in [0.15, 0.2) is 0 Å². The Balaban J connectivity index is 2.54. The summed E-state index contributed by atoms with van der Waals surface area (Å²) < 4.78 is 5.01. The van der Waals surface area contributed by atoms with Crippen molar-refractivity contribution in [1.82, 2.24) is 4.90 Å². The molecule has 0 aromatic heterocycles.